The number of likely N-dealkylation sites (tertiary alicyclic amines) is 1. The number of amides is 1. The van der Waals surface area contributed by atoms with E-state index in [1.54, 1.807) is 0 Å². The lowest BCUT2D eigenvalue weighted by molar-refractivity contribution is -0.137. The van der Waals surface area contributed by atoms with E-state index in [4.69, 9.17) is 0 Å². The molecule has 0 bridgehead atoms. The lowest BCUT2D eigenvalue weighted by Crippen LogP contribution is -2.54. The fraction of sp³-hybridized carbons (Fsp3) is 0.750. The molecule has 1 aromatic rings. The number of alkyl halides is 3. The smallest absolute Gasteiger partial charge is 0.349 e. The third-order valence-electron chi connectivity index (χ3n) is 4.61. The number of thiazole rings is 1. The van der Waals surface area contributed by atoms with Crippen molar-refractivity contribution in [2.75, 3.05) is 19.6 Å². The Bertz CT molecular complexity index is 571. The number of hydrogen-bond acceptors (Lipinski definition) is 4. The molecule has 1 fully saturated rings. The van der Waals surface area contributed by atoms with Gasteiger partial charge < -0.3 is 5.32 Å². The highest BCUT2D eigenvalue weighted by atomic mass is 32.1. The maximum Gasteiger partial charge on any atom is 0.443 e. The summed E-state index contributed by atoms with van der Waals surface area (Å²) in [7, 11) is 0. The van der Waals surface area contributed by atoms with Crippen LogP contribution in [0.1, 0.15) is 55.5 Å². The Balaban J connectivity index is 1.93. The van der Waals surface area contributed by atoms with Gasteiger partial charge in [0, 0.05) is 24.0 Å². The fourth-order valence-electron chi connectivity index (χ4n) is 2.96. The number of nitrogens with zero attached hydrogens (tertiary/aromatic N) is 2. The second kappa shape index (κ2) is 7.39. The molecule has 0 aromatic carbocycles. The van der Waals surface area contributed by atoms with Crippen molar-refractivity contribution in [1.82, 2.24) is 15.2 Å². The normalized spacial score (nSPS) is 20.2. The number of rotatable bonds is 5. The summed E-state index contributed by atoms with van der Waals surface area (Å²) < 4.78 is 37.7. The molecule has 1 aliphatic heterocycles. The van der Waals surface area contributed by atoms with Crippen molar-refractivity contribution in [2.45, 2.75) is 51.7 Å². The predicted molar refractivity (Wildman–Crippen MR) is 88.1 cm³/mol. The van der Waals surface area contributed by atoms with Crippen LogP contribution in [0.3, 0.4) is 0 Å². The summed E-state index contributed by atoms with van der Waals surface area (Å²) >= 11 is 0.442. The molecule has 1 saturated heterocycles. The maximum atomic E-state index is 12.6. The molecule has 0 spiro atoms. The van der Waals surface area contributed by atoms with Crippen LogP contribution in [0.15, 0.2) is 5.38 Å². The molecule has 2 rings (SSSR count). The highest BCUT2D eigenvalue weighted by Crippen LogP contribution is 2.31. The Kier molecular flexibility index (Phi) is 5.91. The van der Waals surface area contributed by atoms with E-state index < -0.39 is 17.1 Å². The van der Waals surface area contributed by atoms with E-state index in [0.717, 1.165) is 31.3 Å². The Morgan fingerprint density at radius 2 is 2.17 bits per heavy atom. The Hall–Kier alpha value is -1.15. The Morgan fingerprint density at radius 3 is 2.75 bits per heavy atom. The van der Waals surface area contributed by atoms with Gasteiger partial charge in [-0.1, -0.05) is 13.3 Å². The van der Waals surface area contributed by atoms with Crippen LogP contribution in [0.2, 0.25) is 0 Å². The topological polar surface area (TPSA) is 45.2 Å². The van der Waals surface area contributed by atoms with Gasteiger partial charge in [-0.25, -0.2) is 4.98 Å². The number of carbonyl (C=O) groups is 1. The molecule has 0 saturated carbocycles. The highest BCUT2D eigenvalue weighted by molar-refractivity contribution is 7.09. The molecule has 1 aromatic heterocycles. The molecule has 0 aliphatic carbocycles. The van der Waals surface area contributed by atoms with Crippen molar-refractivity contribution in [1.29, 1.82) is 0 Å². The molecule has 1 amide bonds. The van der Waals surface area contributed by atoms with Gasteiger partial charge in [-0.2, -0.15) is 13.2 Å². The Labute approximate surface area is 144 Å². The van der Waals surface area contributed by atoms with Crippen LogP contribution < -0.4 is 5.32 Å². The van der Waals surface area contributed by atoms with Crippen LogP contribution in [-0.4, -0.2) is 41.0 Å². The van der Waals surface area contributed by atoms with Crippen LogP contribution in [0, 0.1) is 5.92 Å². The second-order valence-electron chi connectivity index (χ2n) is 6.89. The maximum absolute atomic E-state index is 12.6. The largest absolute Gasteiger partial charge is 0.443 e. The summed E-state index contributed by atoms with van der Waals surface area (Å²) in [6, 6.07) is 0. The third-order valence-corrected chi connectivity index (χ3v) is 5.50. The summed E-state index contributed by atoms with van der Waals surface area (Å²) in [5.41, 5.74) is -0.417. The number of hydrogen-bond donors (Lipinski definition) is 1. The van der Waals surface area contributed by atoms with E-state index in [1.165, 1.54) is 6.42 Å². The van der Waals surface area contributed by atoms with E-state index in [1.807, 2.05) is 13.8 Å². The first-order chi connectivity index (χ1) is 11.1. The minimum atomic E-state index is -4.51. The van der Waals surface area contributed by atoms with Gasteiger partial charge in [0.05, 0.1) is 0 Å². The first-order valence-electron chi connectivity index (χ1n) is 8.19. The minimum absolute atomic E-state index is 0.173. The van der Waals surface area contributed by atoms with Crippen LogP contribution >= 0.6 is 11.3 Å². The van der Waals surface area contributed by atoms with Crippen LogP contribution in [0.5, 0.6) is 0 Å². The molecule has 136 valence electrons. The highest BCUT2D eigenvalue weighted by Gasteiger charge is 2.36. The number of aromatic nitrogens is 1. The molecule has 4 nitrogen and oxygen atoms in total. The summed E-state index contributed by atoms with van der Waals surface area (Å²) in [5.74, 6) is 0.112. The average Bonchev–Trinajstić information content (AvgIpc) is 3.03. The predicted octanol–water partition coefficient (Wildman–Crippen LogP) is 3.79. The van der Waals surface area contributed by atoms with Gasteiger partial charge >= 0.3 is 6.18 Å². The lowest BCUT2D eigenvalue weighted by Gasteiger charge is -2.43. The zero-order chi connectivity index (χ0) is 18.0. The average molecular weight is 363 g/mol. The molecule has 8 heteroatoms. The summed E-state index contributed by atoms with van der Waals surface area (Å²) in [5, 5.41) is 2.89. The fourth-order valence-corrected chi connectivity index (χ4v) is 3.62. The van der Waals surface area contributed by atoms with Crippen LogP contribution in [0.25, 0.3) is 0 Å². The van der Waals surface area contributed by atoms with Gasteiger partial charge in [0.2, 0.25) is 0 Å². The lowest BCUT2D eigenvalue weighted by atomic mass is 9.91. The number of piperidine rings is 1. The molecule has 0 unspecified atom stereocenters. The van der Waals surface area contributed by atoms with Gasteiger partial charge in [0.15, 0.2) is 5.01 Å². The summed E-state index contributed by atoms with van der Waals surface area (Å²) in [4.78, 5) is 17.8. The van der Waals surface area contributed by atoms with E-state index in [0.29, 0.717) is 23.8 Å². The van der Waals surface area contributed by atoms with E-state index >= 15 is 0 Å². The standard InChI is InChI=1S/C16H24F3N3OS/c1-4-11-6-5-7-22(8-11)15(2,3)10-20-13(23)12-9-24-14(21-12)16(17,18)19/h9,11H,4-8,10H2,1-3H3,(H,20,23)/t11-/m0/s1. The molecular weight excluding hydrogens is 339 g/mol. The monoisotopic (exact) mass is 363 g/mol. The van der Waals surface area contributed by atoms with Crippen molar-refractivity contribution >= 4 is 17.2 Å². The Morgan fingerprint density at radius 1 is 1.46 bits per heavy atom. The third kappa shape index (κ3) is 4.69. The first-order valence-corrected chi connectivity index (χ1v) is 9.07. The van der Waals surface area contributed by atoms with Gasteiger partial charge in [-0.05, 0) is 39.2 Å². The number of carbonyl (C=O) groups excluding carboxylic acids is 1. The van der Waals surface area contributed by atoms with E-state index in [-0.39, 0.29) is 11.2 Å². The quantitative estimate of drug-likeness (QED) is 0.866. The molecule has 24 heavy (non-hydrogen) atoms. The molecule has 1 aliphatic rings. The van der Waals surface area contributed by atoms with E-state index in [2.05, 4.69) is 22.1 Å². The number of halogens is 3. The van der Waals surface area contributed by atoms with Crippen LogP contribution in [-0.2, 0) is 6.18 Å². The van der Waals surface area contributed by atoms with Gasteiger partial charge in [-0.3, -0.25) is 9.69 Å². The van der Waals surface area contributed by atoms with Crippen molar-refractivity contribution in [2.24, 2.45) is 5.92 Å². The minimum Gasteiger partial charge on any atom is -0.349 e. The molecule has 1 N–H and O–H groups in total. The van der Waals surface area contributed by atoms with Crippen molar-refractivity contribution in [3.05, 3.63) is 16.1 Å². The van der Waals surface area contributed by atoms with E-state index in [9.17, 15) is 18.0 Å². The van der Waals surface area contributed by atoms with Gasteiger partial charge in [0.1, 0.15) is 5.69 Å². The van der Waals surface area contributed by atoms with Crippen LogP contribution in [0.4, 0.5) is 13.2 Å². The summed E-state index contributed by atoms with van der Waals surface area (Å²) in [6.07, 6.45) is -1.01. The van der Waals surface area contributed by atoms with Gasteiger partial charge in [0.25, 0.3) is 5.91 Å². The van der Waals surface area contributed by atoms with Crippen molar-refractivity contribution < 1.29 is 18.0 Å². The molecule has 2 heterocycles. The first kappa shape index (κ1) is 19.2. The number of nitrogens with one attached hydrogen (secondary N) is 1. The second-order valence-corrected chi connectivity index (χ2v) is 7.75. The molecular formula is C16H24F3N3OS. The molecule has 1 atom stereocenters. The van der Waals surface area contributed by atoms with Gasteiger partial charge in [-0.15, -0.1) is 11.3 Å². The van der Waals surface area contributed by atoms with Crippen molar-refractivity contribution in [3.8, 4) is 0 Å². The summed E-state index contributed by atoms with van der Waals surface area (Å²) in [6.45, 7) is 8.63. The van der Waals surface area contributed by atoms with Crippen molar-refractivity contribution in [3.63, 3.8) is 0 Å². The SMILES string of the molecule is CC[C@H]1CCCN(C(C)(C)CNC(=O)c2csc(C(F)(F)F)n2)C1. The molecule has 0 radical (unpaired) electrons. The zero-order valence-corrected chi connectivity index (χ0v) is 15.1. The zero-order valence-electron chi connectivity index (χ0n) is 14.2.